The van der Waals surface area contributed by atoms with Gasteiger partial charge in [0, 0.05) is 5.92 Å². The summed E-state index contributed by atoms with van der Waals surface area (Å²) in [7, 11) is 0. The van der Waals surface area contributed by atoms with E-state index in [-0.39, 0.29) is 6.04 Å². The van der Waals surface area contributed by atoms with Crippen LogP contribution in [0, 0.1) is 0 Å². The summed E-state index contributed by atoms with van der Waals surface area (Å²) in [6, 6.07) is 14.2. The highest BCUT2D eigenvalue weighted by Crippen LogP contribution is 2.42. The summed E-state index contributed by atoms with van der Waals surface area (Å²) in [5.74, 6) is 0.292. The summed E-state index contributed by atoms with van der Waals surface area (Å²) in [6.45, 7) is 0. The predicted molar refractivity (Wildman–Crippen MR) is 85.9 cm³/mol. The number of halogens is 2. The molecule has 3 rings (SSSR count). The van der Waals surface area contributed by atoms with E-state index < -0.39 is 0 Å². The molecule has 0 unspecified atom stereocenters. The van der Waals surface area contributed by atoms with Gasteiger partial charge in [-0.3, -0.25) is 4.79 Å². The highest BCUT2D eigenvalue weighted by atomic mass is 35.5. The Morgan fingerprint density at radius 3 is 2.48 bits per heavy atom. The molecule has 0 fully saturated rings. The van der Waals surface area contributed by atoms with E-state index in [2.05, 4.69) is 17.4 Å². The van der Waals surface area contributed by atoms with E-state index in [1.165, 1.54) is 16.7 Å². The number of rotatable bonds is 3. The van der Waals surface area contributed by atoms with E-state index in [0.29, 0.717) is 16.0 Å². The van der Waals surface area contributed by atoms with Crippen molar-refractivity contribution >= 4 is 29.6 Å². The fraction of sp³-hybridized carbons (Fsp3) is 0.235. The largest absolute Gasteiger partial charge is 0.352 e. The van der Waals surface area contributed by atoms with Crippen LogP contribution < -0.4 is 5.32 Å². The van der Waals surface area contributed by atoms with Crippen LogP contribution in [0.1, 0.15) is 41.5 Å². The molecule has 0 aromatic heterocycles. The molecular weight excluding hydrogens is 305 g/mol. The first kappa shape index (κ1) is 14.4. The van der Waals surface area contributed by atoms with Gasteiger partial charge >= 0.3 is 0 Å². The SMILES string of the molecule is O=CN[C@@H]1CC[C@@H](c2ccc(Cl)c(Cl)c2)c2ccccc21. The average Bonchev–Trinajstić information content (AvgIpc) is 2.51. The van der Waals surface area contributed by atoms with E-state index in [1.54, 1.807) is 0 Å². The molecule has 21 heavy (non-hydrogen) atoms. The van der Waals surface area contributed by atoms with E-state index in [4.69, 9.17) is 23.2 Å². The van der Waals surface area contributed by atoms with Crippen molar-refractivity contribution < 1.29 is 4.79 Å². The maximum absolute atomic E-state index is 10.8. The van der Waals surface area contributed by atoms with Gasteiger partial charge in [-0.2, -0.15) is 0 Å². The maximum Gasteiger partial charge on any atom is 0.207 e. The van der Waals surface area contributed by atoms with E-state index in [0.717, 1.165) is 19.3 Å². The summed E-state index contributed by atoms with van der Waals surface area (Å²) in [4.78, 5) is 10.8. The molecule has 1 amide bonds. The second-order valence-corrected chi connectivity index (χ2v) is 6.08. The van der Waals surface area contributed by atoms with Crippen LogP contribution in [-0.2, 0) is 4.79 Å². The lowest BCUT2D eigenvalue weighted by Crippen LogP contribution is -2.26. The van der Waals surface area contributed by atoms with Crippen LogP contribution in [0.4, 0.5) is 0 Å². The van der Waals surface area contributed by atoms with Gasteiger partial charge in [0.05, 0.1) is 16.1 Å². The van der Waals surface area contributed by atoms with Crippen LogP contribution in [0.2, 0.25) is 10.0 Å². The number of fused-ring (bicyclic) bond motifs is 1. The van der Waals surface area contributed by atoms with Crippen molar-refractivity contribution in [1.82, 2.24) is 5.32 Å². The van der Waals surface area contributed by atoms with E-state index >= 15 is 0 Å². The Balaban J connectivity index is 2.02. The zero-order valence-electron chi connectivity index (χ0n) is 11.4. The lowest BCUT2D eigenvalue weighted by molar-refractivity contribution is -0.110. The molecule has 2 aromatic carbocycles. The first-order valence-electron chi connectivity index (χ1n) is 6.94. The van der Waals surface area contributed by atoms with Crippen molar-refractivity contribution in [1.29, 1.82) is 0 Å². The second kappa shape index (κ2) is 6.08. The van der Waals surface area contributed by atoms with Gasteiger partial charge in [0.1, 0.15) is 0 Å². The molecule has 1 aliphatic rings. The Bertz CT molecular complexity index is 672. The van der Waals surface area contributed by atoms with Gasteiger partial charge in [0.15, 0.2) is 0 Å². The van der Waals surface area contributed by atoms with Crippen molar-refractivity contribution in [3.05, 3.63) is 69.2 Å². The first-order valence-corrected chi connectivity index (χ1v) is 7.69. The molecule has 2 nitrogen and oxygen atoms in total. The Kier molecular flexibility index (Phi) is 4.18. The Morgan fingerprint density at radius 2 is 1.76 bits per heavy atom. The lowest BCUT2D eigenvalue weighted by Gasteiger charge is -2.31. The van der Waals surface area contributed by atoms with E-state index in [9.17, 15) is 4.79 Å². The highest BCUT2D eigenvalue weighted by molar-refractivity contribution is 6.42. The molecule has 108 valence electrons. The van der Waals surface area contributed by atoms with Crippen molar-refractivity contribution in [2.45, 2.75) is 24.8 Å². The number of benzene rings is 2. The third-order valence-electron chi connectivity index (χ3n) is 4.11. The number of nitrogens with one attached hydrogen (secondary N) is 1. The molecule has 0 spiro atoms. The van der Waals surface area contributed by atoms with Crippen LogP contribution in [0.5, 0.6) is 0 Å². The Morgan fingerprint density at radius 1 is 1.00 bits per heavy atom. The molecule has 1 N–H and O–H groups in total. The number of carbonyl (C=O) groups excluding carboxylic acids is 1. The summed E-state index contributed by atoms with van der Waals surface area (Å²) >= 11 is 12.2. The molecule has 2 aromatic rings. The third-order valence-corrected chi connectivity index (χ3v) is 4.85. The van der Waals surface area contributed by atoms with Gasteiger partial charge in [-0.25, -0.2) is 0 Å². The second-order valence-electron chi connectivity index (χ2n) is 5.27. The van der Waals surface area contributed by atoms with E-state index in [1.807, 2.05) is 30.3 Å². The minimum atomic E-state index is 0.0951. The van der Waals surface area contributed by atoms with Crippen molar-refractivity contribution in [3.63, 3.8) is 0 Å². The number of amides is 1. The van der Waals surface area contributed by atoms with Crippen LogP contribution >= 0.6 is 23.2 Å². The normalized spacial score (nSPS) is 20.7. The predicted octanol–water partition coefficient (Wildman–Crippen LogP) is 4.71. The summed E-state index contributed by atoms with van der Waals surface area (Å²) in [6.07, 6.45) is 2.67. The molecule has 0 aliphatic heterocycles. The van der Waals surface area contributed by atoms with Gasteiger partial charge < -0.3 is 5.32 Å². The molecule has 0 heterocycles. The quantitative estimate of drug-likeness (QED) is 0.816. The minimum Gasteiger partial charge on any atom is -0.352 e. The van der Waals surface area contributed by atoms with Crippen molar-refractivity contribution in [2.75, 3.05) is 0 Å². The van der Waals surface area contributed by atoms with Gasteiger partial charge in [0.2, 0.25) is 6.41 Å². The van der Waals surface area contributed by atoms with Gasteiger partial charge in [0.25, 0.3) is 0 Å². The van der Waals surface area contributed by atoms with Crippen LogP contribution in [0.3, 0.4) is 0 Å². The Labute approximate surface area is 134 Å². The minimum absolute atomic E-state index is 0.0951. The molecule has 0 saturated heterocycles. The molecule has 0 bridgehead atoms. The number of hydrogen-bond donors (Lipinski definition) is 1. The fourth-order valence-electron chi connectivity index (χ4n) is 3.12. The van der Waals surface area contributed by atoms with Gasteiger partial charge in [-0.1, -0.05) is 53.5 Å². The molecule has 2 atom stereocenters. The topological polar surface area (TPSA) is 29.1 Å². The smallest absolute Gasteiger partial charge is 0.207 e. The number of carbonyl (C=O) groups is 1. The molecule has 0 saturated carbocycles. The van der Waals surface area contributed by atoms with Gasteiger partial charge in [-0.15, -0.1) is 0 Å². The summed E-state index contributed by atoms with van der Waals surface area (Å²) in [5.41, 5.74) is 3.61. The zero-order chi connectivity index (χ0) is 14.8. The van der Waals surface area contributed by atoms with Crippen LogP contribution in [0.25, 0.3) is 0 Å². The standard InChI is InChI=1S/C17H15Cl2NO/c18-15-7-5-11(9-16(15)19)12-6-8-17(20-10-21)14-4-2-1-3-13(12)14/h1-5,7,9-10,12,17H,6,8H2,(H,20,21)/t12-,17+/m0/s1. The monoisotopic (exact) mass is 319 g/mol. The summed E-state index contributed by atoms with van der Waals surface area (Å²) < 4.78 is 0. The number of hydrogen-bond acceptors (Lipinski definition) is 1. The molecule has 4 heteroatoms. The Hall–Kier alpha value is -1.51. The zero-order valence-corrected chi connectivity index (χ0v) is 12.9. The fourth-order valence-corrected chi connectivity index (χ4v) is 3.43. The average molecular weight is 320 g/mol. The maximum atomic E-state index is 10.8. The summed E-state index contributed by atoms with van der Waals surface area (Å²) in [5, 5.41) is 4.06. The molecule has 0 radical (unpaired) electrons. The van der Waals surface area contributed by atoms with Crippen molar-refractivity contribution in [3.8, 4) is 0 Å². The lowest BCUT2D eigenvalue weighted by atomic mass is 9.77. The first-order chi connectivity index (χ1) is 10.2. The molecular formula is C17H15Cl2NO. The van der Waals surface area contributed by atoms with Crippen LogP contribution in [0.15, 0.2) is 42.5 Å². The third kappa shape index (κ3) is 2.78. The van der Waals surface area contributed by atoms with Gasteiger partial charge in [-0.05, 0) is 41.7 Å². The molecule has 1 aliphatic carbocycles. The van der Waals surface area contributed by atoms with Crippen molar-refractivity contribution in [2.24, 2.45) is 0 Å². The highest BCUT2D eigenvalue weighted by Gasteiger charge is 2.27. The van der Waals surface area contributed by atoms with Crippen LogP contribution in [-0.4, -0.2) is 6.41 Å².